The number of anilines is 1. The number of carboxylic acids is 1. The molecule has 0 atom stereocenters. The summed E-state index contributed by atoms with van der Waals surface area (Å²) >= 11 is 1.45. The minimum atomic E-state index is -0.716. The molecule has 3 aromatic rings. The number of carbonyl (C=O) groups is 2. The van der Waals surface area contributed by atoms with Gasteiger partial charge in [0.1, 0.15) is 5.01 Å². The number of hydrogen-bond donors (Lipinski definition) is 1. The van der Waals surface area contributed by atoms with E-state index in [1.807, 2.05) is 47.4 Å². The van der Waals surface area contributed by atoms with Crippen LogP contribution in [0.5, 0.6) is 0 Å². The van der Waals surface area contributed by atoms with Gasteiger partial charge in [-0.05, 0) is 23.5 Å². The number of rotatable bonds is 10. The van der Waals surface area contributed by atoms with Crippen molar-refractivity contribution in [3.8, 4) is 10.6 Å². The number of aromatic nitrogens is 2. The molecule has 1 aromatic heterocycles. The van der Waals surface area contributed by atoms with E-state index in [1.165, 1.54) is 24.2 Å². The molecular weight excluding hydrogens is 448 g/mol. The van der Waals surface area contributed by atoms with Crippen molar-refractivity contribution in [1.82, 2.24) is 15.1 Å². The molecule has 1 saturated heterocycles. The zero-order valence-corrected chi connectivity index (χ0v) is 19.8. The van der Waals surface area contributed by atoms with Crippen LogP contribution < -0.4 is 4.90 Å². The van der Waals surface area contributed by atoms with Gasteiger partial charge in [0.25, 0.3) is 0 Å². The van der Waals surface area contributed by atoms with Crippen molar-refractivity contribution in [3.63, 3.8) is 0 Å². The highest BCUT2D eigenvalue weighted by Gasteiger charge is 2.32. The van der Waals surface area contributed by atoms with Gasteiger partial charge in [-0.15, -0.1) is 10.2 Å². The highest BCUT2D eigenvalue weighted by molar-refractivity contribution is 7.18. The van der Waals surface area contributed by atoms with Crippen LogP contribution in [-0.4, -0.2) is 51.7 Å². The highest BCUT2D eigenvalue weighted by atomic mass is 32.1. The average molecular weight is 477 g/mol. The summed E-state index contributed by atoms with van der Waals surface area (Å²) in [4.78, 5) is 28.1. The second kappa shape index (κ2) is 10.0. The molecule has 5 rings (SSSR count). The van der Waals surface area contributed by atoms with Crippen molar-refractivity contribution < 1.29 is 14.7 Å². The first kappa shape index (κ1) is 22.7. The van der Waals surface area contributed by atoms with E-state index in [-0.39, 0.29) is 11.8 Å². The van der Waals surface area contributed by atoms with Crippen LogP contribution in [-0.2, 0) is 22.6 Å². The smallest absolute Gasteiger partial charge is 0.309 e. The first-order valence-electron chi connectivity index (χ1n) is 11.8. The molecule has 0 unspecified atom stereocenters. The summed E-state index contributed by atoms with van der Waals surface area (Å²) in [5, 5.41) is 19.2. The number of benzene rings is 2. The van der Waals surface area contributed by atoms with Crippen LogP contribution in [0.2, 0.25) is 0 Å². The molecule has 2 fully saturated rings. The SMILES string of the molecule is O=C(O)C1CN(Cc2ccc(-c3nnc(N(CCC4CC4)C(=O)Cc4ccccc4)s3)cc2)C1. The maximum Gasteiger partial charge on any atom is 0.309 e. The average Bonchev–Trinajstić information content (AvgIpc) is 3.51. The molecule has 0 spiro atoms. The molecule has 176 valence electrons. The molecule has 8 heteroatoms. The second-order valence-electron chi connectivity index (χ2n) is 9.26. The predicted octanol–water partition coefficient (Wildman–Crippen LogP) is 4.10. The summed E-state index contributed by atoms with van der Waals surface area (Å²) in [5.74, 6) is -0.179. The number of likely N-dealkylation sites (tertiary alicyclic amines) is 1. The standard InChI is InChI=1S/C26H28N4O3S/c31-23(14-19-4-2-1-3-5-19)30(13-12-18-6-7-18)26-28-27-24(34-26)21-10-8-20(9-11-21)15-29-16-22(17-29)25(32)33/h1-5,8-11,18,22H,6-7,12-17H2,(H,32,33). The lowest BCUT2D eigenvalue weighted by molar-refractivity contribution is -0.147. The molecule has 1 amide bonds. The molecule has 0 bridgehead atoms. The van der Waals surface area contributed by atoms with Gasteiger partial charge in [0.15, 0.2) is 0 Å². The van der Waals surface area contributed by atoms with E-state index in [1.54, 1.807) is 0 Å². The Labute approximate surface area is 203 Å². The number of carboxylic acid groups (broad SMARTS) is 1. The molecule has 1 aliphatic heterocycles. The molecule has 1 saturated carbocycles. The lowest BCUT2D eigenvalue weighted by atomic mass is 9.99. The van der Waals surface area contributed by atoms with Gasteiger partial charge in [-0.2, -0.15) is 0 Å². The molecule has 1 N–H and O–H groups in total. The van der Waals surface area contributed by atoms with Gasteiger partial charge in [0.05, 0.1) is 12.3 Å². The van der Waals surface area contributed by atoms with Crippen LogP contribution in [0.4, 0.5) is 5.13 Å². The summed E-state index contributed by atoms with van der Waals surface area (Å²) in [7, 11) is 0. The van der Waals surface area contributed by atoms with E-state index < -0.39 is 5.97 Å². The molecule has 2 aliphatic rings. The number of carbonyl (C=O) groups excluding carboxylic acids is 1. The molecule has 34 heavy (non-hydrogen) atoms. The van der Waals surface area contributed by atoms with Crippen LogP contribution >= 0.6 is 11.3 Å². The predicted molar refractivity (Wildman–Crippen MR) is 132 cm³/mol. The van der Waals surface area contributed by atoms with Crippen molar-refractivity contribution in [2.45, 2.75) is 32.2 Å². The molecule has 7 nitrogen and oxygen atoms in total. The quantitative estimate of drug-likeness (QED) is 0.474. The molecule has 1 aliphatic carbocycles. The summed E-state index contributed by atoms with van der Waals surface area (Å²) in [6.07, 6.45) is 3.86. The summed E-state index contributed by atoms with van der Waals surface area (Å²) in [5.41, 5.74) is 3.11. The van der Waals surface area contributed by atoms with Gasteiger partial charge < -0.3 is 5.11 Å². The van der Waals surface area contributed by atoms with Crippen LogP contribution in [0, 0.1) is 11.8 Å². The van der Waals surface area contributed by atoms with E-state index in [4.69, 9.17) is 5.11 Å². The Kier molecular flexibility index (Phi) is 6.69. The Morgan fingerprint density at radius 1 is 1.00 bits per heavy atom. The summed E-state index contributed by atoms with van der Waals surface area (Å²) < 4.78 is 0. The van der Waals surface area contributed by atoms with E-state index in [0.717, 1.165) is 40.6 Å². The topological polar surface area (TPSA) is 86.6 Å². The maximum atomic E-state index is 13.2. The third-order valence-corrected chi connectivity index (χ3v) is 7.51. The number of nitrogens with zero attached hydrogens (tertiary/aromatic N) is 4. The van der Waals surface area contributed by atoms with Crippen LogP contribution in [0.3, 0.4) is 0 Å². The Morgan fingerprint density at radius 3 is 2.41 bits per heavy atom. The maximum absolute atomic E-state index is 13.2. The molecule has 0 radical (unpaired) electrons. The van der Waals surface area contributed by atoms with Crippen molar-refractivity contribution in [1.29, 1.82) is 0 Å². The van der Waals surface area contributed by atoms with Crippen molar-refractivity contribution >= 4 is 28.3 Å². The van der Waals surface area contributed by atoms with E-state index in [2.05, 4.69) is 27.2 Å². The number of hydrogen-bond acceptors (Lipinski definition) is 6. The van der Waals surface area contributed by atoms with Crippen LogP contribution in [0.1, 0.15) is 30.4 Å². The third kappa shape index (κ3) is 5.51. The third-order valence-electron chi connectivity index (χ3n) is 6.52. The van der Waals surface area contributed by atoms with Crippen LogP contribution in [0.25, 0.3) is 10.6 Å². The first-order chi connectivity index (χ1) is 16.5. The number of amides is 1. The summed E-state index contributed by atoms with van der Waals surface area (Å²) in [6, 6.07) is 18.0. The van der Waals surface area contributed by atoms with Gasteiger partial charge in [-0.3, -0.25) is 19.4 Å². The van der Waals surface area contributed by atoms with E-state index >= 15 is 0 Å². The fourth-order valence-corrected chi connectivity index (χ4v) is 5.11. The minimum absolute atomic E-state index is 0.0547. The Morgan fingerprint density at radius 2 is 1.74 bits per heavy atom. The fraction of sp³-hybridized carbons (Fsp3) is 0.385. The normalized spacial score (nSPS) is 16.2. The lowest BCUT2D eigenvalue weighted by Crippen LogP contribution is -2.49. The summed E-state index contributed by atoms with van der Waals surface area (Å²) in [6.45, 7) is 2.63. The Hall–Kier alpha value is -3.10. The molecule has 2 heterocycles. The zero-order valence-electron chi connectivity index (χ0n) is 19.0. The lowest BCUT2D eigenvalue weighted by Gasteiger charge is -2.36. The molecular formula is C26H28N4O3S. The van der Waals surface area contributed by atoms with E-state index in [0.29, 0.717) is 31.2 Å². The molecule has 2 aromatic carbocycles. The second-order valence-corrected chi connectivity index (χ2v) is 10.2. The minimum Gasteiger partial charge on any atom is -0.481 e. The fourth-order valence-electron chi connectivity index (χ4n) is 4.22. The van der Waals surface area contributed by atoms with E-state index in [9.17, 15) is 9.59 Å². The van der Waals surface area contributed by atoms with Crippen molar-refractivity contribution in [3.05, 3.63) is 65.7 Å². The van der Waals surface area contributed by atoms with Crippen molar-refractivity contribution in [2.24, 2.45) is 11.8 Å². The van der Waals surface area contributed by atoms with Gasteiger partial charge in [0.2, 0.25) is 11.0 Å². The van der Waals surface area contributed by atoms with Gasteiger partial charge in [0, 0.05) is 31.7 Å². The first-order valence-corrected chi connectivity index (χ1v) is 12.6. The Bertz CT molecular complexity index is 1140. The largest absolute Gasteiger partial charge is 0.481 e. The Balaban J connectivity index is 1.25. The van der Waals surface area contributed by atoms with Crippen molar-refractivity contribution in [2.75, 3.05) is 24.5 Å². The highest BCUT2D eigenvalue weighted by Crippen LogP contribution is 2.34. The van der Waals surface area contributed by atoms with Gasteiger partial charge in [-0.25, -0.2) is 0 Å². The number of aliphatic carboxylic acids is 1. The zero-order chi connectivity index (χ0) is 23.5. The van der Waals surface area contributed by atoms with Gasteiger partial charge in [-0.1, -0.05) is 78.8 Å². The van der Waals surface area contributed by atoms with Gasteiger partial charge >= 0.3 is 5.97 Å². The monoisotopic (exact) mass is 476 g/mol. The van der Waals surface area contributed by atoms with Crippen LogP contribution in [0.15, 0.2) is 54.6 Å².